The van der Waals surface area contributed by atoms with Gasteiger partial charge in [0.15, 0.2) is 0 Å². The van der Waals surface area contributed by atoms with E-state index in [2.05, 4.69) is 15.6 Å². The van der Waals surface area contributed by atoms with Gasteiger partial charge in [-0.3, -0.25) is 19.3 Å². The average Bonchev–Trinajstić information content (AvgIpc) is 3.04. The topological polar surface area (TPSA) is 110 Å². The predicted octanol–water partition coefficient (Wildman–Crippen LogP) is 4.71. The van der Waals surface area contributed by atoms with Crippen LogP contribution in [0.4, 0.5) is 0 Å². The van der Waals surface area contributed by atoms with Crippen LogP contribution in [0.5, 0.6) is 0 Å². The SMILES string of the molecule is CCN1[C@H](C)C(=O)OB([C@H](CC(C)C)NC(=O)[C@H](Cc2ccccc2)NC(=O)c2cccc(-c3ccccc3)n2)O[C@@H](C)[C@H]1C. The standard InChI is InChI=1S/C35H45BN4O5/c1-7-40-24(4)26(6)44-36(45-35(43)25(40)5)32(21-23(2)3)39-34(42)31(22-27-15-10-8-11-16-27)38-33(41)30-20-14-19-29(37-30)28-17-12-9-13-18-28/h8-20,23-26,31-32H,7,21-22H2,1-6H3,(H,38,41)(H,39,42)/t24-,25-,26+,31+,32+/m1/s1. The lowest BCUT2D eigenvalue weighted by atomic mass is 9.72. The summed E-state index contributed by atoms with van der Waals surface area (Å²) in [5.41, 5.74) is 2.63. The number of hydrogen-bond acceptors (Lipinski definition) is 7. The molecule has 0 unspecified atom stereocenters. The van der Waals surface area contributed by atoms with Crippen molar-refractivity contribution in [1.82, 2.24) is 20.5 Å². The molecule has 2 heterocycles. The highest BCUT2D eigenvalue weighted by molar-refractivity contribution is 6.49. The number of amides is 2. The summed E-state index contributed by atoms with van der Waals surface area (Å²) in [6.45, 7) is 12.6. The Morgan fingerprint density at radius 1 is 0.933 bits per heavy atom. The van der Waals surface area contributed by atoms with Crippen molar-refractivity contribution in [2.75, 3.05) is 6.54 Å². The summed E-state index contributed by atoms with van der Waals surface area (Å²) >= 11 is 0. The highest BCUT2D eigenvalue weighted by Gasteiger charge is 2.43. The summed E-state index contributed by atoms with van der Waals surface area (Å²) in [6.07, 6.45) is 0.496. The van der Waals surface area contributed by atoms with E-state index in [9.17, 15) is 14.4 Å². The number of aromatic nitrogens is 1. The summed E-state index contributed by atoms with van der Waals surface area (Å²) in [4.78, 5) is 47.4. The van der Waals surface area contributed by atoms with Gasteiger partial charge in [-0.15, -0.1) is 0 Å². The van der Waals surface area contributed by atoms with Gasteiger partial charge < -0.3 is 19.9 Å². The van der Waals surface area contributed by atoms with E-state index in [-0.39, 0.29) is 30.2 Å². The van der Waals surface area contributed by atoms with E-state index in [1.807, 2.05) is 113 Å². The van der Waals surface area contributed by atoms with Crippen molar-refractivity contribution in [3.05, 3.63) is 90.1 Å². The maximum Gasteiger partial charge on any atom is 0.551 e. The lowest BCUT2D eigenvalue weighted by Gasteiger charge is -2.40. The molecule has 3 aromatic rings. The monoisotopic (exact) mass is 612 g/mol. The second-order valence-corrected chi connectivity index (χ2v) is 12.1. The Morgan fingerprint density at radius 3 is 2.24 bits per heavy atom. The molecule has 2 N–H and O–H groups in total. The number of carbonyl (C=O) groups excluding carboxylic acids is 3. The maximum absolute atomic E-state index is 14.0. The van der Waals surface area contributed by atoms with Crippen LogP contribution in [0, 0.1) is 5.92 Å². The van der Waals surface area contributed by atoms with Crippen molar-refractivity contribution in [3.63, 3.8) is 0 Å². The van der Waals surface area contributed by atoms with E-state index in [4.69, 9.17) is 9.31 Å². The Morgan fingerprint density at radius 2 is 1.60 bits per heavy atom. The minimum Gasteiger partial charge on any atom is -0.507 e. The Hall–Kier alpha value is -4.02. The summed E-state index contributed by atoms with van der Waals surface area (Å²) in [7, 11) is -0.986. The Labute approximate surface area is 267 Å². The van der Waals surface area contributed by atoms with E-state index < -0.39 is 42.9 Å². The fourth-order valence-corrected chi connectivity index (χ4v) is 5.71. The summed E-state index contributed by atoms with van der Waals surface area (Å²) in [5.74, 6) is -1.74. The van der Waals surface area contributed by atoms with Crippen molar-refractivity contribution in [2.45, 2.75) is 84.6 Å². The van der Waals surface area contributed by atoms with Crippen LogP contribution in [0.1, 0.15) is 64.0 Å². The summed E-state index contributed by atoms with van der Waals surface area (Å²) in [5, 5.41) is 6.01. The quantitative estimate of drug-likeness (QED) is 0.302. The van der Waals surface area contributed by atoms with Gasteiger partial charge in [0.2, 0.25) is 5.91 Å². The van der Waals surface area contributed by atoms with Crippen molar-refractivity contribution >= 4 is 24.9 Å². The molecule has 1 aromatic heterocycles. The fourth-order valence-electron chi connectivity index (χ4n) is 5.71. The van der Waals surface area contributed by atoms with E-state index in [0.717, 1.165) is 11.1 Å². The first-order chi connectivity index (χ1) is 21.6. The van der Waals surface area contributed by atoms with Crippen LogP contribution >= 0.6 is 0 Å². The van der Waals surface area contributed by atoms with Crippen molar-refractivity contribution < 1.29 is 23.7 Å². The van der Waals surface area contributed by atoms with Crippen LogP contribution in [0.15, 0.2) is 78.9 Å². The first-order valence-electron chi connectivity index (χ1n) is 15.9. The Kier molecular flexibility index (Phi) is 11.9. The smallest absolute Gasteiger partial charge is 0.507 e. The number of carbonyl (C=O) groups is 3. The Bertz CT molecular complexity index is 1420. The molecular weight excluding hydrogens is 567 g/mol. The van der Waals surface area contributed by atoms with Gasteiger partial charge in [0.25, 0.3) is 5.91 Å². The largest absolute Gasteiger partial charge is 0.551 e. The van der Waals surface area contributed by atoms with Crippen LogP contribution in [-0.2, 0) is 25.3 Å². The highest BCUT2D eigenvalue weighted by Crippen LogP contribution is 2.21. The van der Waals surface area contributed by atoms with Gasteiger partial charge in [-0.05, 0) is 57.4 Å². The fraction of sp³-hybridized carbons (Fsp3) is 0.429. The van der Waals surface area contributed by atoms with Gasteiger partial charge in [0, 0.05) is 18.0 Å². The van der Waals surface area contributed by atoms with E-state index in [1.165, 1.54) is 0 Å². The van der Waals surface area contributed by atoms with Crippen LogP contribution in [0.2, 0.25) is 0 Å². The lowest BCUT2D eigenvalue weighted by Crippen LogP contribution is -2.61. The molecule has 2 amide bonds. The Balaban J connectivity index is 1.58. The van der Waals surface area contributed by atoms with E-state index in [0.29, 0.717) is 18.7 Å². The molecule has 0 aliphatic carbocycles. The van der Waals surface area contributed by atoms with E-state index >= 15 is 0 Å². The summed E-state index contributed by atoms with van der Waals surface area (Å²) in [6, 6.07) is 22.9. The minimum absolute atomic E-state index is 0.0416. The van der Waals surface area contributed by atoms with Crippen LogP contribution in [0.3, 0.4) is 0 Å². The molecule has 0 spiro atoms. The molecule has 5 atom stereocenters. The number of rotatable bonds is 11. The molecule has 1 saturated heterocycles. The average molecular weight is 613 g/mol. The summed E-state index contributed by atoms with van der Waals surface area (Å²) < 4.78 is 12.2. The van der Waals surface area contributed by atoms with Gasteiger partial charge in [0.1, 0.15) is 17.8 Å². The number of nitrogens with one attached hydrogen (secondary N) is 2. The first kappa shape index (κ1) is 33.9. The lowest BCUT2D eigenvalue weighted by molar-refractivity contribution is -0.147. The molecular formula is C35H45BN4O5. The van der Waals surface area contributed by atoms with Gasteiger partial charge in [0.05, 0.1) is 17.7 Å². The van der Waals surface area contributed by atoms with E-state index in [1.54, 1.807) is 12.1 Å². The third kappa shape index (κ3) is 9.02. The van der Waals surface area contributed by atoms with Gasteiger partial charge in [-0.1, -0.05) is 87.5 Å². The highest BCUT2D eigenvalue weighted by atomic mass is 16.6. The molecule has 2 aromatic carbocycles. The molecule has 0 radical (unpaired) electrons. The zero-order chi connectivity index (χ0) is 32.5. The van der Waals surface area contributed by atoms with Crippen molar-refractivity contribution in [2.24, 2.45) is 5.92 Å². The second-order valence-electron chi connectivity index (χ2n) is 12.1. The van der Waals surface area contributed by atoms with Gasteiger partial charge in [-0.25, -0.2) is 4.98 Å². The number of hydrogen-bond donors (Lipinski definition) is 2. The molecule has 10 heteroatoms. The maximum atomic E-state index is 14.0. The van der Waals surface area contributed by atoms with Gasteiger partial charge >= 0.3 is 13.1 Å². The zero-order valence-electron chi connectivity index (χ0n) is 27.1. The molecule has 1 aliphatic heterocycles. The third-order valence-corrected chi connectivity index (χ3v) is 8.32. The van der Waals surface area contributed by atoms with Crippen LogP contribution < -0.4 is 10.6 Å². The molecule has 1 aliphatic rings. The molecule has 1 fully saturated rings. The van der Waals surface area contributed by atoms with Crippen LogP contribution in [-0.4, -0.2) is 71.5 Å². The van der Waals surface area contributed by atoms with Crippen molar-refractivity contribution in [3.8, 4) is 11.3 Å². The molecule has 45 heavy (non-hydrogen) atoms. The number of likely N-dealkylation sites (N-methyl/N-ethyl adjacent to an activating group) is 1. The first-order valence-corrected chi connectivity index (χ1v) is 15.9. The number of nitrogens with zero attached hydrogens (tertiary/aromatic N) is 2. The minimum atomic E-state index is -0.986. The molecule has 0 saturated carbocycles. The van der Waals surface area contributed by atoms with Gasteiger partial charge in [-0.2, -0.15) is 0 Å². The molecule has 4 rings (SSSR count). The number of benzene rings is 2. The molecule has 0 bridgehead atoms. The second kappa shape index (κ2) is 15.8. The van der Waals surface area contributed by atoms with Crippen LogP contribution in [0.25, 0.3) is 11.3 Å². The normalized spacial score (nSPS) is 20.5. The van der Waals surface area contributed by atoms with Crippen molar-refractivity contribution in [1.29, 1.82) is 0 Å². The zero-order valence-corrected chi connectivity index (χ0v) is 27.1. The number of pyridine rings is 1. The predicted molar refractivity (Wildman–Crippen MR) is 176 cm³/mol. The molecule has 9 nitrogen and oxygen atoms in total. The third-order valence-electron chi connectivity index (χ3n) is 8.32. The molecule has 238 valence electrons.